The van der Waals surface area contributed by atoms with Gasteiger partial charge in [-0.15, -0.1) is 0 Å². The predicted octanol–water partition coefficient (Wildman–Crippen LogP) is 3.56. The van der Waals surface area contributed by atoms with Crippen LogP contribution in [0.4, 0.5) is 0 Å². The smallest absolute Gasteiger partial charge is 0.181 e. The Balaban J connectivity index is 2.14. The molecule has 0 aliphatic heterocycles. The third-order valence-electron chi connectivity index (χ3n) is 5.00. The van der Waals surface area contributed by atoms with Gasteiger partial charge in [-0.3, -0.25) is 9.59 Å². The Hall–Kier alpha value is -1.70. The van der Waals surface area contributed by atoms with Crippen LogP contribution in [0.2, 0.25) is 0 Å². The van der Waals surface area contributed by atoms with Crippen molar-refractivity contribution < 1.29 is 9.59 Å². The molecule has 20 heavy (non-hydrogen) atoms. The number of ketones is 2. The van der Waals surface area contributed by atoms with Gasteiger partial charge in [-0.05, 0) is 44.1 Å². The highest BCUT2D eigenvalue weighted by atomic mass is 16.1. The normalized spacial score (nSPS) is 33.0. The van der Waals surface area contributed by atoms with E-state index in [9.17, 15) is 9.59 Å². The molecule has 1 saturated carbocycles. The van der Waals surface area contributed by atoms with Gasteiger partial charge < -0.3 is 0 Å². The maximum Gasteiger partial charge on any atom is 0.181 e. The summed E-state index contributed by atoms with van der Waals surface area (Å²) in [6.07, 6.45) is 6.70. The number of Topliss-reactive ketones (excluding diaryl/α,β-unsaturated/α-hetero) is 1. The fourth-order valence-corrected chi connectivity index (χ4v) is 4.00. The lowest BCUT2D eigenvalue weighted by Gasteiger charge is -2.38. The topological polar surface area (TPSA) is 34.1 Å². The Bertz CT molecular complexity index is 589. The Kier molecular flexibility index (Phi) is 3.12. The van der Waals surface area contributed by atoms with Crippen molar-refractivity contribution in [3.8, 4) is 0 Å². The summed E-state index contributed by atoms with van der Waals surface area (Å²) in [7, 11) is 0. The minimum Gasteiger partial charge on any atom is -0.295 e. The molecule has 0 aromatic rings. The number of fused-ring (bicyclic) bond motifs is 2. The van der Waals surface area contributed by atoms with Crippen molar-refractivity contribution in [3.63, 3.8) is 0 Å². The predicted molar refractivity (Wildman–Crippen MR) is 79.1 cm³/mol. The van der Waals surface area contributed by atoms with Gasteiger partial charge in [0.1, 0.15) is 0 Å². The van der Waals surface area contributed by atoms with E-state index >= 15 is 0 Å². The summed E-state index contributed by atoms with van der Waals surface area (Å²) in [5.74, 6) is 0.712. The first-order chi connectivity index (χ1) is 9.50. The summed E-state index contributed by atoms with van der Waals surface area (Å²) in [5.41, 5.74) is 3.75. The highest BCUT2D eigenvalue weighted by molar-refractivity contribution is 6.14. The molecule has 1 fully saturated rings. The monoisotopic (exact) mass is 268 g/mol. The van der Waals surface area contributed by atoms with Gasteiger partial charge in [0.15, 0.2) is 11.6 Å². The maximum absolute atomic E-state index is 12.3. The molecule has 2 heteroatoms. The van der Waals surface area contributed by atoms with Gasteiger partial charge in [-0.1, -0.05) is 30.4 Å². The third kappa shape index (κ3) is 1.86. The summed E-state index contributed by atoms with van der Waals surface area (Å²) in [6, 6.07) is 0. The van der Waals surface area contributed by atoms with E-state index in [1.807, 2.05) is 13.0 Å². The van der Waals surface area contributed by atoms with Crippen LogP contribution in [0.15, 0.2) is 47.6 Å². The minimum atomic E-state index is 0.0218. The first-order valence-electron chi connectivity index (χ1n) is 7.32. The molecule has 0 heterocycles. The highest BCUT2D eigenvalue weighted by Crippen LogP contribution is 2.49. The molecule has 3 atom stereocenters. The number of rotatable bonds is 1. The van der Waals surface area contributed by atoms with Crippen LogP contribution in [0.25, 0.3) is 0 Å². The molecule has 0 N–H and O–H groups in total. The summed E-state index contributed by atoms with van der Waals surface area (Å²) < 4.78 is 0. The fourth-order valence-electron chi connectivity index (χ4n) is 4.00. The summed E-state index contributed by atoms with van der Waals surface area (Å²) in [4.78, 5) is 24.5. The van der Waals surface area contributed by atoms with E-state index in [2.05, 4.69) is 13.2 Å². The van der Waals surface area contributed by atoms with Crippen molar-refractivity contribution in [1.82, 2.24) is 0 Å². The van der Waals surface area contributed by atoms with Gasteiger partial charge in [0.25, 0.3) is 0 Å². The lowest BCUT2D eigenvalue weighted by molar-refractivity contribution is -0.115. The second-order valence-electron chi connectivity index (χ2n) is 6.24. The third-order valence-corrected chi connectivity index (χ3v) is 5.00. The maximum atomic E-state index is 12.3. The Morgan fingerprint density at radius 1 is 1.25 bits per heavy atom. The van der Waals surface area contributed by atoms with Crippen LogP contribution in [-0.4, -0.2) is 11.6 Å². The standard InChI is InChI=1S/C18H20O2/c1-10(2)12-5-4-11(3)17-13(12)6-8-15(19)14-7-9-16(20)18(14)17/h6,8,12-13,17H,1,3-5,7,9H2,2H3/t12-,13?,17?/m1/s1. The van der Waals surface area contributed by atoms with Crippen molar-refractivity contribution in [3.05, 3.63) is 47.6 Å². The Morgan fingerprint density at radius 2 is 2.00 bits per heavy atom. The number of allylic oxidation sites excluding steroid dienone is 6. The molecule has 0 amide bonds. The van der Waals surface area contributed by atoms with Crippen LogP contribution in [0.1, 0.15) is 32.6 Å². The van der Waals surface area contributed by atoms with E-state index in [0.29, 0.717) is 18.8 Å². The molecular weight excluding hydrogens is 248 g/mol. The van der Waals surface area contributed by atoms with E-state index in [1.165, 1.54) is 0 Å². The molecule has 0 aromatic heterocycles. The molecule has 3 aliphatic rings. The minimum absolute atomic E-state index is 0.0218. The Morgan fingerprint density at radius 3 is 2.70 bits per heavy atom. The molecule has 3 aliphatic carbocycles. The second-order valence-corrected chi connectivity index (χ2v) is 6.24. The largest absolute Gasteiger partial charge is 0.295 e. The zero-order valence-electron chi connectivity index (χ0n) is 11.9. The van der Waals surface area contributed by atoms with E-state index in [0.717, 1.165) is 35.1 Å². The van der Waals surface area contributed by atoms with Crippen molar-refractivity contribution in [2.45, 2.75) is 32.6 Å². The molecule has 0 aromatic carbocycles. The molecule has 0 bridgehead atoms. The molecule has 3 rings (SSSR count). The van der Waals surface area contributed by atoms with Gasteiger partial charge in [0.05, 0.1) is 0 Å². The zero-order valence-corrected chi connectivity index (χ0v) is 11.9. The van der Waals surface area contributed by atoms with Crippen LogP contribution in [-0.2, 0) is 9.59 Å². The van der Waals surface area contributed by atoms with Crippen molar-refractivity contribution in [1.29, 1.82) is 0 Å². The molecule has 104 valence electrons. The zero-order chi connectivity index (χ0) is 14.4. The van der Waals surface area contributed by atoms with Gasteiger partial charge in [0.2, 0.25) is 0 Å². The number of hydrogen-bond acceptors (Lipinski definition) is 2. The summed E-state index contributed by atoms with van der Waals surface area (Å²) >= 11 is 0. The van der Waals surface area contributed by atoms with Crippen LogP contribution in [0.3, 0.4) is 0 Å². The second kappa shape index (κ2) is 4.69. The molecular formula is C18H20O2. The van der Waals surface area contributed by atoms with Gasteiger partial charge in [-0.2, -0.15) is 0 Å². The highest BCUT2D eigenvalue weighted by Gasteiger charge is 2.43. The molecule has 0 saturated heterocycles. The van der Waals surface area contributed by atoms with Crippen molar-refractivity contribution >= 4 is 11.6 Å². The quantitative estimate of drug-likeness (QED) is 0.681. The SMILES string of the molecule is C=C1CC[C@H](C(=C)C)C2C=CC(=O)C3=C(C(=O)CC3)C12. The number of carbonyl (C=O) groups is 2. The number of hydrogen-bond donors (Lipinski definition) is 0. The van der Waals surface area contributed by atoms with E-state index < -0.39 is 0 Å². The summed E-state index contributed by atoms with van der Waals surface area (Å²) in [6.45, 7) is 10.3. The number of carbonyl (C=O) groups excluding carboxylic acids is 2. The molecule has 0 radical (unpaired) electrons. The molecule has 0 spiro atoms. The first-order valence-corrected chi connectivity index (χ1v) is 7.32. The van der Waals surface area contributed by atoms with Crippen molar-refractivity contribution in [2.24, 2.45) is 17.8 Å². The van der Waals surface area contributed by atoms with Crippen LogP contribution in [0.5, 0.6) is 0 Å². The summed E-state index contributed by atoms with van der Waals surface area (Å²) in [5, 5.41) is 0. The average Bonchev–Trinajstić information content (AvgIpc) is 2.69. The van der Waals surface area contributed by atoms with Crippen LogP contribution < -0.4 is 0 Å². The van der Waals surface area contributed by atoms with E-state index in [-0.39, 0.29) is 23.4 Å². The fraction of sp³-hybridized carbons (Fsp3) is 0.444. The lowest BCUT2D eigenvalue weighted by atomic mass is 9.65. The van der Waals surface area contributed by atoms with Crippen LogP contribution >= 0.6 is 0 Å². The lowest BCUT2D eigenvalue weighted by Crippen LogP contribution is -2.31. The van der Waals surface area contributed by atoms with E-state index in [4.69, 9.17) is 0 Å². The van der Waals surface area contributed by atoms with Crippen LogP contribution in [0, 0.1) is 17.8 Å². The van der Waals surface area contributed by atoms with Gasteiger partial charge in [0, 0.05) is 23.5 Å². The first kappa shape index (κ1) is 13.3. The van der Waals surface area contributed by atoms with E-state index in [1.54, 1.807) is 6.08 Å². The Labute approximate surface area is 119 Å². The van der Waals surface area contributed by atoms with Crippen molar-refractivity contribution in [2.75, 3.05) is 0 Å². The average molecular weight is 268 g/mol. The van der Waals surface area contributed by atoms with Gasteiger partial charge in [-0.25, -0.2) is 0 Å². The molecule has 2 unspecified atom stereocenters. The van der Waals surface area contributed by atoms with Gasteiger partial charge >= 0.3 is 0 Å². The molecule has 2 nitrogen and oxygen atoms in total.